The van der Waals surface area contributed by atoms with Crippen molar-refractivity contribution in [3.05, 3.63) is 59.1 Å². The van der Waals surface area contributed by atoms with Crippen molar-refractivity contribution < 1.29 is 4.79 Å². The number of amides is 1. The Kier molecular flexibility index (Phi) is 4.07. The molecule has 2 rings (SSSR count). The summed E-state index contributed by atoms with van der Waals surface area (Å²) in [6, 6.07) is 14.4. The van der Waals surface area contributed by atoms with E-state index in [0.29, 0.717) is 22.8 Å². The third-order valence-corrected chi connectivity index (χ3v) is 3.17. The van der Waals surface area contributed by atoms with Crippen molar-refractivity contribution in [3.63, 3.8) is 0 Å². The largest absolute Gasteiger partial charge is 0.399 e. The molecule has 0 heterocycles. The molecule has 0 saturated heterocycles. The predicted molar refractivity (Wildman–Crippen MR) is 79.7 cm³/mol. The van der Waals surface area contributed by atoms with Crippen molar-refractivity contribution >= 4 is 28.9 Å². The van der Waals surface area contributed by atoms with E-state index in [1.54, 1.807) is 23.1 Å². The number of nitrogens with zero attached hydrogens (tertiary/aromatic N) is 1. The number of halogens is 1. The Labute approximate surface area is 117 Å². The Hall–Kier alpha value is -2.00. The molecule has 0 aromatic heterocycles. The van der Waals surface area contributed by atoms with E-state index in [1.807, 2.05) is 37.3 Å². The molecule has 0 aliphatic rings. The van der Waals surface area contributed by atoms with Crippen LogP contribution in [0.2, 0.25) is 5.02 Å². The third kappa shape index (κ3) is 2.88. The summed E-state index contributed by atoms with van der Waals surface area (Å²) in [7, 11) is 0. The van der Waals surface area contributed by atoms with Gasteiger partial charge in [-0.3, -0.25) is 4.79 Å². The van der Waals surface area contributed by atoms with E-state index in [-0.39, 0.29) is 5.91 Å². The third-order valence-electron chi connectivity index (χ3n) is 2.85. The van der Waals surface area contributed by atoms with Crippen LogP contribution in [-0.2, 0) is 0 Å². The first-order valence-electron chi connectivity index (χ1n) is 6.05. The molecule has 0 saturated carbocycles. The maximum absolute atomic E-state index is 12.5. The zero-order valence-corrected chi connectivity index (χ0v) is 11.4. The van der Waals surface area contributed by atoms with E-state index in [0.717, 1.165) is 5.69 Å². The van der Waals surface area contributed by atoms with Gasteiger partial charge in [-0.1, -0.05) is 29.8 Å². The fraction of sp³-hybridized carbons (Fsp3) is 0.133. The molecule has 0 radical (unpaired) electrons. The van der Waals surface area contributed by atoms with Crippen LogP contribution in [0, 0.1) is 0 Å². The highest BCUT2D eigenvalue weighted by molar-refractivity contribution is 6.34. The molecule has 0 spiro atoms. The van der Waals surface area contributed by atoms with Crippen LogP contribution in [0.1, 0.15) is 17.3 Å². The first-order chi connectivity index (χ1) is 9.13. The smallest absolute Gasteiger partial charge is 0.259 e. The van der Waals surface area contributed by atoms with Crippen molar-refractivity contribution in [2.45, 2.75) is 6.92 Å². The van der Waals surface area contributed by atoms with E-state index in [1.165, 1.54) is 0 Å². The summed E-state index contributed by atoms with van der Waals surface area (Å²) in [5.41, 5.74) is 7.49. The van der Waals surface area contributed by atoms with Crippen LogP contribution < -0.4 is 10.6 Å². The van der Waals surface area contributed by atoms with E-state index < -0.39 is 0 Å². The maximum atomic E-state index is 12.5. The topological polar surface area (TPSA) is 46.3 Å². The fourth-order valence-electron chi connectivity index (χ4n) is 1.90. The average Bonchev–Trinajstić information content (AvgIpc) is 2.40. The highest BCUT2D eigenvalue weighted by Gasteiger charge is 2.18. The van der Waals surface area contributed by atoms with Gasteiger partial charge < -0.3 is 10.6 Å². The zero-order chi connectivity index (χ0) is 13.8. The SMILES string of the molecule is CCN(C(=O)c1ccc(N)cc1Cl)c1ccccc1. The number of nitrogen functional groups attached to an aromatic ring is 1. The van der Waals surface area contributed by atoms with Gasteiger partial charge in [-0.05, 0) is 37.3 Å². The Balaban J connectivity index is 2.36. The monoisotopic (exact) mass is 274 g/mol. The van der Waals surface area contributed by atoms with Crippen LogP contribution in [0.3, 0.4) is 0 Å². The van der Waals surface area contributed by atoms with Gasteiger partial charge in [0.1, 0.15) is 0 Å². The van der Waals surface area contributed by atoms with Crippen LogP contribution in [0.15, 0.2) is 48.5 Å². The van der Waals surface area contributed by atoms with Crippen LogP contribution in [0.25, 0.3) is 0 Å². The van der Waals surface area contributed by atoms with Gasteiger partial charge in [-0.2, -0.15) is 0 Å². The summed E-state index contributed by atoms with van der Waals surface area (Å²) < 4.78 is 0. The average molecular weight is 275 g/mol. The highest BCUT2D eigenvalue weighted by Crippen LogP contribution is 2.23. The van der Waals surface area contributed by atoms with E-state index in [4.69, 9.17) is 17.3 Å². The zero-order valence-electron chi connectivity index (χ0n) is 10.6. The summed E-state index contributed by atoms with van der Waals surface area (Å²) in [4.78, 5) is 14.2. The van der Waals surface area contributed by atoms with Crippen molar-refractivity contribution in [1.82, 2.24) is 0 Å². The number of carbonyl (C=O) groups excluding carboxylic acids is 1. The van der Waals surface area contributed by atoms with Gasteiger partial charge in [0.05, 0.1) is 10.6 Å². The summed E-state index contributed by atoms with van der Waals surface area (Å²) >= 11 is 6.09. The second-order valence-electron chi connectivity index (χ2n) is 4.12. The quantitative estimate of drug-likeness (QED) is 0.870. The first-order valence-corrected chi connectivity index (χ1v) is 6.43. The number of hydrogen-bond donors (Lipinski definition) is 1. The standard InChI is InChI=1S/C15H15ClN2O/c1-2-18(12-6-4-3-5-7-12)15(19)13-9-8-11(17)10-14(13)16/h3-10H,2,17H2,1H3. The van der Waals surface area contributed by atoms with Crippen molar-refractivity contribution in [3.8, 4) is 0 Å². The van der Waals surface area contributed by atoms with E-state index in [2.05, 4.69) is 0 Å². The number of anilines is 2. The Morgan fingerprint density at radius 1 is 1.21 bits per heavy atom. The molecular weight excluding hydrogens is 260 g/mol. The van der Waals surface area contributed by atoms with Crippen LogP contribution in [0.5, 0.6) is 0 Å². The maximum Gasteiger partial charge on any atom is 0.259 e. The molecule has 19 heavy (non-hydrogen) atoms. The lowest BCUT2D eigenvalue weighted by atomic mass is 10.1. The summed E-state index contributed by atoms with van der Waals surface area (Å²) in [5, 5.41) is 0.374. The molecule has 0 bridgehead atoms. The molecular formula is C15H15ClN2O. The molecule has 4 heteroatoms. The molecule has 0 aliphatic heterocycles. The van der Waals surface area contributed by atoms with Gasteiger partial charge in [0.2, 0.25) is 0 Å². The summed E-state index contributed by atoms with van der Waals surface area (Å²) in [6.45, 7) is 2.50. The van der Waals surface area contributed by atoms with Crippen molar-refractivity contribution in [2.24, 2.45) is 0 Å². The number of nitrogens with two attached hydrogens (primary N) is 1. The number of benzene rings is 2. The molecule has 2 aromatic rings. The van der Waals surface area contributed by atoms with Gasteiger partial charge in [-0.15, -0.1) is 0 Å². The predicted octanol–water partition coefficient (Wildman–Crippen LogP) is 3.59. The molecule has 0 fully saturated rings. The van der Waals surface area contributed by atoms with Gasteiger partial charge in [0.25, 0.3) is 5.91 Å². The Bertz CT molecular complexity index is 584. The second-order valence-corrected chi connectivity index (χ2v) is 4.53. The van der Waals surface area contributed by atoms with Crippen molar-refractivity contribution in [1.29, 1.82) is 0 Å². The minimum absolute atomic E-state index is 0.126. The van der Waals surface area contributed by atoms with Gasteiger partial charge >= 0.3 is 0 Å². The van der Waals surface area contributed by atoms with E-state index in [9.17, 15) is 4.79 Å². The minimum Gasteiger partial charge on any atom is -0.399 e. The van der Waals surface area contributed by atoms with Crippen LogP contribution >= 0.6 is 11.6 Å². The molecule has 3 nitrogen and oxygen atoms in total. The van der Waals surface area contributed by atoms with Crippen LogP contribution in [-0.4, -0.2) is 12.5 Å². The molecule has 0 aliphatic carbocycles. The normalized spacial score (nSPS) is 10.2. The molecule has 1 amide bonds. The molecule has 2 N–H and O–H groups in total. The molecule has 0 atom stereocenters. The second kappa shape index (κ2) is 5.76. The lowest BCUT2D eigenvalue weighted by molar-refractivity contribution is 0.0988. The summed E-state index contributed by atoms with van der Waals surface area (Å²) in [6.07, 6.45) is 0. The first kappa shape index (κ1) is 13.4. The minimum atomic E-state index is -0.126. The number of para-hydroxylation sites is 1. The Morgan fingerprint density at radius 2 is 1.89 bits per heavy atom. The van der Waals surface area contributed by atoms with E-state index >= 15 is 0 Å². The number of rotatable bonds is 3. The van der Waals surface area contributed by atoms with Crippen LogP contribution in [0.4, 0.5) is 11.4 Å². The number of carbonyl (C=O) groups is 1. The molecule has 2 aromatic carbocycles. The molecule has 98 valence electrons. The highest BCUT2D eigenvalue weighted by atomic mass is 35.5. The number of hydrogen-bond acceptors (Lipinski definition) is 2. The lowest BCUT2D eigenvalue weighted by Crippen LogP contribution is -2.30. The lowest BCUT2D eigenvalue weighted by Gasteiger charge is -2.21. The van der Waals surface area contributed by atoms with Gasteiger partial charge in [0.15, 0.2) is 0 Å². The fourth-order valence-corrected chi connectivity index (χ4v) is 2.17. The molecule has 0 unspecified atom stereocenters. The Morgan fingerprint density at radius 3 is 2.47 bits per heavy atom. The summed E-state index contributed by atoms with van der Waals surface area (Å²) in [5.74, 6) is -0.126. The van der Waals surface area contributed by atoms with Gasteiger partial charge in [-0.25, -0.2) is 0 Å². The van der Waals surface area contributed by atoms with Gasteiger partial charge in [0, 0.05) is 17.9 Å². The van der Waals surface area contributed by atoms with Crippen molar-refractivity contribution in [2.75, 3.05) is 17.2 Å².